The van der Waals surface area contributed by atoms with Crippen LogP contribution in [-0.2, 0) is 4.79 Å². The minimum absolute atomic E-state index is 0.0219. The Morgan fingerprint density at radius 1 is 1.36 bits per heavy atom. The lowest BCUT2D eigenvalue weighted by atomic mass is 10.2. The molecule has 1 radical (unpaired) electrons. The second-order valence-electron chi connectivity index (χ2n) is 3.42. The van der Waals surface area contributed by atoms with E-state index in [1.165, 1.54) is 0 Å². The molecule has 1 saturated heterocycles. The Hall–Kier alpha value is -1.35. The van der Waals surface area contributed by atoms with Gasteiger partial charge in [-0.25, -0.2) is 5.32 Å². The van der Waals surface area contributed by atoms with Gasteiger partial charge in [-0.05, 0) is 25.0 Å². The smallest absolute Gasteiger partial charge is 0.243 e. The molecular weight excluding hydrogens is 176 g/mol. The summed E-state index contributed by atoms with van der Waals surface area (Å²) in [4.78, 5) is 11.6. The number of hydrogen-bond acceptors (Lipinski definition) is 1. The zero-order chi connectivity index (χ0) is 9.80. The van der Waals surface area contributed by atoms with Crippen LogP contribution in [0.15, 0.2) is 30.3 Å². The highest BCUT2D eigenvalue weighted by Gasteiger charge is 2.22. The topological polar surface area (TPSA) is 43.2 Å². The van der Waals surface area contributed by atoms with E-state index in [4.69, 9.17) is 0 Å². The molecule has 1 unspecified atom stereocenters. The van der Waals surface area contributed by atoms with Gasteiger partial charge in [0.25, 0.3) is 0 Å². The first kappa shape index (κ1) is 9.21. The number of rotatable bonds is 2. The quantitative estimate of drug-likeness (QED) is 0.750. The fourth-order valence-electron chi connectivity index (χ4n) is 1.58. The van der Waals surface area contributed by atoms with Crippen molar-refractivity contribution in [2.24, 2.45) is 0 Å². The highest BCUT2D eigenvalue weighted by Crippen LogP contribution is 2.11. The first-order valence-electron chi connectivity index (χ1n) is 4.89. The predicted octanol–water partition coefficient (Wildman–Crippen LogP) is 1.39. The fourth-order valence-corrected chi connectivity index (χ4v) is 1.58. The van der Waals surface area contributed by atoms with Crippen molar-refractivity contribution < 1.29 is 4.79 Å². The largest absolute Gasteiger partial charge is 0.325 e. The Balaban J connectivity index is 1.94. The molecule has 1 aliphatic heterocycles. The molecule has 1 heterocycles. The van der Waals surface area contributed by atoms with Crippen molar-refractivity contribution in [2.75, 3.05) is 11.9 Å². The van der Waals surface area contributed by atoms with Crippen molar-refractivity contribution in [3.63, 3.8) is 0 Å². The van der Waals surface area contributed by atoms with Crippen LogP contribution in [-0.4, -0.2) is 18.5 Å². The normalized spacial score (nSPS) is 20.7. The number of nitrogens with zero attached hydrogens (tertiary/aromatic N) is 1. The number of para-hydroxylation sites is 1. The first-order chi connectivity index (χ1) is 6.86. The number of carbonyl (C=O) groups is 1. The molecule has 1 aromatic carbocycles. The molecule has 1 aliphatic rings. The molecule has 1 aromatic rings. The summed E-state index contributed by atoms with van der Waals surface area (Å²) in [5, 5.41) is 7.07. The van der Waals surface area contributed by atoms with E-state index in [1.807, 2.05) is 30.3 Å². The number of hydrogen-bond donors (Lipinski definition) is 1. The van der Waals surface area contributed by atoms with Crippen molar-refractivity contribution in [1.82, 2.24) is 5.32 Å². The molecular formula is C11H13N2O. The molecule has 1 amide bonds. The summed E-state index contributed by atoms with van der Waals surface area (Å²) in [6.45, 7) is 0.826. The fraction of sp³-hybridized carbons (Fsp3) is 0.364. The number of carbonyl (C=O) groups excluding carboxylic acids is 1. The van der Waals surface area contributed by atoms with Gasteiger partial charge in [0.2, 0.25) is 5.91 Å². The molecule has 14 heavy (non-hydrogen) atoms. The van der Waals surface area contributed by atoms with Crippen molar-refractivity contribution in [2.45, 2.75) is 18.9 Å². The predicted molar refractivity (Wildman–Crippen MR) is 55.1 cm³/mol. The zero-order valence-corrected chi connectivity index (χ0v) is 7.94. The van der Waals surface area contributed by atoms with E-state index < -0.39 is 0 Å². The Morgan fingerprint density at radius 2 is 2.14 bits per heavy atom. The van der Waals surface area contributed by atoms with Gasteiger partial charge in [-0.1, -0.05) is 18.2 Å². The van der Waals surface area contributed by atoms with Gasteiger partial charge in [-0.15, -0.1) is 0 Å². The molecule has 0 aromatic heterocycles. The summed E-state index contributed by atoms with van der Waals surface area (Å²) in [6, 6.07) is 9.37. The minimum atomic E-state index is -0.129. The Labute approximate surface area is 83.5 Å². The van der Waals surface area contributed by atoms with Gasteiger partial charge in [0.15, 0.2) is 0 Å². The standard InChI is InChI=1S/C11H13N2O/c14-11(10-7-4-8-12-10)13-9-5-2-1-3-6-9/h1-3,5-6,10H,4,7-8H2,(H,13,14). The number of anilines is 1. The van der Waals surface area contributed by atoms with E-state index in [1.54, 1.807) is 0 Å². The lowest BCUT2D eigenvalue weighted by Crippen LogP contribution is -2.31. The van der Waals surface area contributed by atoms with Gasteiger partial charge >= 0.3 is 0 Å². The monoisotopic (exact) mass is 189 g/mol. The van der Waals surface area contributed by atoms with E-state index in [2.05, 4.69) is 10.6 Å². The molecule has 0 saturated carbocycles. The third-order valence-corrected chi connectivity index (χ3v) is 2.33. The highest BCUT2D eigenvalue weighted by atomic mass is 16.2. The van der Waals surface area contributed by atoms with E-state index in [0.717, 1.165) is 25.1 Å². The molecule has 1 fully saturated rings. The molecule has 3 heteroatoms. The van der Waals surface area contributed by atoms with Gasteiger partial charge < -0.3 is 5.32 Å². The summed E-state index contributed by atoms with van der Waals surface area (Å²) in [5.41, 5.74) is 0.847. The van der Waals surface area contributed by atoms with Crippen LogP contribution in [0.4, 0.5) is 5.69 Å². The van der Waals surface area contributed by atoms with Crippen LogP contribution in [0.1, 0.15) is 12.8 Å². The number of amides is 1. The highest BCUT2D eigenvalue weighted by molar-refractivity contribution is 5.94. The lowest BCUT2D eigenvalue weighted by molar-refractivity contribution is -0.117. The van der Waals surface area contributed by atoms with Gasteiger partial charge in [-0.2, -0.15) is 0 Å². The van der Waals surface area contributed by atoms with Crippen LogP contribution >= 0.6 is 0 Å². The third kappa shape index (κ3) is 2.12. The molecule has 2 rings (SSSR count). The second-order valence-corrected chi connectivity index (χ2v) is 3.42. The molecule has 0 aliphatic carbocycles. The van der Waals surface area contributed by atoms with Crippen LogP contribution in [0.25, 0.3) is 0 Å². The van der Waals surface area contributed by atoms with Gasteiger partial charge in [0.1, 0.15) is 6.04 Å². The lowest BCUT2D eigenvalue weighted by Gasteiger charge is -2.09. The molecule has 0 bridgehead atoms. The summed E-state index contributed by atoms with van der Waals surface area (Å²) in [6.07, 6.45) is 1.92. The average molecular weight is 189 g/mol. The molecule has 1 atom stereocenters. The Morgan fingerprint density at radius 3 is 2.79 bits per heavy atom. The maximum atomic E-state index is 11.6. The Kier molecular flexibility index (Phi) is 2.79. The molecule has 73 valence electrons. The van der Waals surface area contributed by atoms with Gasteiger partial charge in [0.05, 0.1) is 0 Å². The molecule has 0 spiro atoms. The summed E-state index contributed by atoms with van der Waals surface area (Å²) >= 11 is 0. The number of nitrogens with one attached hydrogen (secondary N) is 1. The SMILES string of the molecule is O=C(Nc1ccccc1)C1CCC[N]1. The minimum Gasteiger partial charge on any atom is -0.325 e. The maximum absolute atomic E-state index is 11.6. The van der Waals surface area contributed by atoms with Crippen molar-refractivity contribution in [1.29, 1.82) is 0 Å². The Bertz CT molecular complexity index is 304. The zero-order valence-electron chi connectivity index (χ0n) is 7.94. The van der Waals surface area contributed by atoms with Crippen LogP contribution in [0.3, 0.4) is 0 Å². The van der Waals surface area contributed by atoms with Crippen LogP contribution in [0, 0.1) is 0 Å². The second kappa shape index (κ2) is 4.24. The summed E-state index contributed by atoms with van der Waals surface area (Å²) in [5.74, 6) is 0.0219. The average Bonchev–Trinajstić information content (AvgIpc) is 2.72. The first-order valence-corrected chi connectivity index (χ1v) is 4.89. The van der Waals surface area contributed by atoms with Crippen molar-refractivity contribution in [3.05, 3.63) is 30.3 Å². The number of benzene rings is 1. The summed E-state index contributed by atoms with van der Waals surface area (Å²) in [7, 11) is 0. The third-order valence-electron chi connectivity index (χ3n) is 2.33. The van der Waals surface area contributed by atoms with E-state index in [9.17, 15) is 4.79 Å². The van der Waals surface area contributed by atoms with E-state index in [-0.39, 0.29) is 11.9 Å². The van der Waals surface area contributed by atoms with Crippen LogP contribution < -0.4 is 10.6 Å². The van der Waals surface area contributed by atoms with Gasteiger partial charge in [-0.3, -0.25) is 4.79 Å². The van der Waals surface area contributed by atoms with Crippen molar-refractivity contribution in [3.8, 4) is 0 Å². The van der Waals surface area contributed by atoms with Gasteiger partial charge in [0, 0.05) is 12.2 Å². The molecule has 1 N–H and O–H groups in total. The van der Waals surface area contributed by atoms with E-state index in [0.29, 0.717) is 0 Å². The van der Waals surface area contributed by atoms with Crippen LogP contribution in [0.2, 0.25) is 0 Å². The van der Waals surface area contributed by atoms with E-state index >= 15 is 0 Å². The molecule has 3 nitrogen and oxygen atoms in total. The summed E-state index contributed by atoms with van der Waals surface area (Å²) < 4.78 is 0. The van der Waals surface area contributed by atoms with Crippen molar-refractivity contribution >= 4 is 11.6 Å². The maximum Gasteiger partial charge on any atom is 0.243 e. The van der Waals surface area contributed by atoms with Crippen LogP contribution in [0.5, 0.6) is 0 Å².